The zero-order valence-electron chi connectivity index (χ0n) is 15.0. The first-order chi connectivity index (χ1) is 11.9. The molecule has 2 heterocycles. The molecule has 3 rings (SSSR count). The molecular formula is C17H26N6O2. The maximum atomic E-state index is 12.5. The highest BCUT2D eigenvalue weighted by molar-refractivity contribution is 5.91. The first-order valence-corrected chi connectivity index (χ1v) is 8.83. The second kappa shape index (κ2) is 6.95. The average molecular weight is 346 g/mol. The monoisotopic (exact) mass is 346 g/mol. The first-order valence-electron chi connectivity index (χ1n) is 8.83. The molecule has 2 aromatic heterocycles. The summed E-state index contributed by atoms with van der Waals surface area (Å²) >= 11 is 0. The number of carbonyl (C=O) groups is 1. The number of hydrogen-bond donors (Lipinski definition) is 2. The van der Waals surface area contributed by atoms with Gasteiger partial charge in [0.05, 0.1) is 6.20 Å². The molecule has 2 atom stereocenters. The number of hydrogen-bond acceptors (Lipinski definition) is 5. The second-order valence-corrected chi connectivity index (χ2v) is 7.19. The third-order valence-corrected chi connectivity index (χ3v) is 4.82. The lowest BCUT2D eigenvalue weighted by atomic mass is 10.0. The molecule has 0 saturated heterocycles. The molecular weight excluding hydrogens is 320 g/mol. The van der Waals surface area contributed by atoms with Crippen LogP contribution in [0.3, 0.4) is 0 Å². The lowest BCUT2D eigenvalue weighted by Crippen LogP contribution is -2.40. The molecule has 0 bridgehead atoms. The van der Waals surface area contributed by atoms with Gasteiger partial charge in [-0.25, -0.2) is 4.98 Å². The molecule has 8 heteroatoms. The molecule has 1 amide bonds. The number of carbonyl (C=O) groups excluding carboxylic acids is 1. The predicted octanol–water partition coefficient (Wildman–Crippen LogP) is 1.32. The lowest BCUT2D eigenvalue weighted by molar-refractivity contribution is 0.0737. The van der Waals surface area contributed by atoms with Gasteiger partial charge in [0, 0.05) is 31.5 Å². The zero-order valence-corrected chi connectivity index (χ0v) is 15.0. The summed E-state index contributed by atoms with van der Waals surface area (Å²) in [6.45, 7) is 6.76. The lowest BCUT2D eigenvalue weighted by Gasteiger charge is -2.21. The van der Waals surface area contributed by atoms with E-state index in [1.807, 2.05) is 17.7 Å². The number of rotatable bonds is 6. The van der Waals surface area contributed by atoms with E-state index in [9.17, 15) is 9.90 Å². The van der Waals surface area contributed by atoms with Crippen LogP contribution in [0.4, 0.5) is 0 Å². The number of aromatic nitrogens is 5. The minimum atomic E-state index is -1.00. The van der Waals surface area contributed by atoms with Crippen LogP contribution < -0.4 is 5.32 Å². The number of amides is 1. The highest BCUT2D eigenvalue weighted by Crippen LogP contribution is 2.27. The first kappa shape index (κ1) is 17.6. The Morgan fingerprint density at radius 1 is 1.44 bits per heavy atom. The minimum Gasteiger partial charge on any atom is -0.384 e. The van der Waals surface area contributed by atoms with Crippen molar-refractivity contribution in [2.45, 2.75) is 64.8 Å². The summed E-state index contributed by atoms with van der Waals surface area (Å²) in [6, 6.07) is 0.101. The van der Waals surface area contributed by atoms with Crippen LogP contribution >= 0.6 is 0 Å². The fourth-order valence-electron chi connectivity index (χ4n) is 3.36. The summed E-state index contributed by atoms with van der Waals surface area (Å²) in [5.74, 6) is 0.628. The third kappa shape index (κ3) is 3.89. The standard InChI is InChI=1S/C17H26N6O2/c1-4-22-9-8-18-15(22)16(24)19-13-7-5-6-12(13)10-23-11-14(20-21-23)17(2,3)25/h8-9,11-13,25H,4-7,10H2,1-3H3,(H,19,24)/t12-,13-/m1/s1. The number of imidazole rings is 1. The average Bonchev–Trinajstić information content (AvgIpc) is 3.27. The van der Waals surface area contributed by atoms with Crippen molar-refractivity contribution >= 4 is 5.91 Å². The highest BCUT2D eigenvalue weighted by Gasteiger charge is 2.31. The highest BCUT2D eigenvalue weighted by atomic mass is 16.3. The van der Waals surface area contributed by atoms with Gasteiger partial charge in [-0.2, -0.15) is 0 Å². The number of nitrogens with one attached hydrogen (secondary N) is 1. The van der Waals surface area contributed by atoms with Crippen LogP contribution in [0, 0.1) is 5.92 Å². The molecule has 2 aromatic rings. The Morgan fingerprint density at radius 2 is 2.24 bits per heavy atom. The molecule has 0 aromatic carbocycles. The summed E-state index contributed by atoms with van der Waals surface area (Å²) < 4.78 is 3.60. The van der Waals surface area contributed by atoms with Crippen molar-refractivity contribution in [1.29, 1.82) is 0 Å². The van der Waals surface area contributed by atoms with Gasteiger partial charge >= 0.3 is 0 Å². The van der Waals surface area contributed by atoms with E-state index in [0.29, 0.717) is 24.0 Å². The Bertz CT molecular complexity index is 730. The maximum Gasteiger partial charge on any atom is 0.287 e. The molecule has 1 aliphatic rings. The topological polar surface area (TPSA) is 97.9 Å². The molecule has 0 radical (unpaired) electrons. The van der Waals surface area contributed by atoms with Crippen molar-refractivity contribution < 1.29 is 9.90 Å². The Balaban J connectivity index is 1.65. The van der Waals surface area contributed by atoms with E-state index in [1.54, 1.807) is 30.9 Å². The molecule has 1 saturated carbocycles. The SMILES string of the molecule is CCn1ccnc1C(=O)N[C@@H]1CCC[C@@H]1Cn1cc(C(C)(C)O)nn1. The van der Waals surface area contributed by atoms with Gasteiger partial charge in [0.25, 0.3) is 5.91 Å². The van der Waals surface area contributed by atoms with Crippen molar-refractivity contribution in [2.24, 2.45) is 5.92 Å². The zero-order chi connectivity index (χ0) is 18.0. The van der Waals surface area contributed by atoms with Crippen molar-refractivity contribution in [3.8, 4) is 0 Å². The molecule has 1 aliphatic carbocycles. The summed E-state index contributed by atoms with van der Waals surface area (Å²) in [6.07, 6.45) is 8.31. The van der Waals surface area contributed by atoms with Crippen molar-refractivity contribution in [2.75, 3.05) is 0 Å². The summed E-state index contributed by atoms with van der Waals surface area (Å²) in [7, 11) is 0. The van der Waals surface area contributed by atoms with Gasteiger partial charge in [-0.1, -0.05) is 11.6 Å². The van der Waals surface area contributed by atoms with Gasteiger partial charge in [0.15, 0.2) is 5.82 Å². The van der Waals surface area contributed by atoms with E-state index >= 15 is 0 Å². The Hall–Kier alpha value is -2.22. The third-order valence-electron chi connectivity index (χ3n) is 4.82. The minimum absolute atomic E-state index is 0.101. The maximum absolute atomic E-state index is 12.5. The van der Waals surface area contributed by atoms with Crippen LogP contribution in [0.1, 0.15) is 56.3 Å². The van der Waals surface area contributed by atoms with E-state index < -0.39 is 5.60 Å². The Labute approximate surface area is 147 Å². The quantitative estimate of drug-likeness (QED) is 0.822. The van der Waals surface area contributed by atoms with Crippen molar-refractivity contribution in [1.82, 2.24) is 29.9 Å². The van der Waals surface area contributed by atoms with Crippen LogP contribution in [-0.2, 0) is 18.7 Å². The molecule has 1 fully saturated rings. The largest absolute Gasteiger partial charge is 0.384 e. The molecule has 25 heavy (non-hydrogen) atoms. The summed E-state index contributed by atoms with van der Waals surface area (Å²) in [5, 5.41) is 21.3. The second-order valence-electron chi connectivity index (χ2n) is 7.19. The molecule has 0 aliphatic heterocycles. The number of aryl methyl sites for hydroxylation is 1. The summed E-state index contributed by atoms with van der Waals surface area (Å²) in [5.41, 5.74) is -0.449. The van der Waals surface area contributed by atoms with Crippen LogP contribution in [0.2, 0.25) is 0 Å². The van der Waals surface area contributed by atoms with E-state index in [0.717, 1.165) is 25.8 Å². The Kier molecular flexibility index (Phi) is 4.89. The van der Waals surface area contributed by atoms with Crippen LogP contribution in [-0.4, -0.2) is 41.6 Å². The van der Waals surface area contributed by atoms with Crippen molar-refractivity contribution in [3.63, 3.8) is 0 Å². The smallest absolute Gasteiger partial charge is 0.287 e. The fourth-order valence-corrected chi connectivity index (χ4v) is 3.36. The van der Waals surface area contributed by atoms with Crippen LogP contribution in [0.5, 0.6) is 0 Å². The van der Waals surface area contributed by atoms with Gasteiger partial charge < -0.3 is 15.0 Å². The van der Waals surface area contributed by atoms with E-state index in [2.05, 4.69) is 20.6 Å². The molecule has 0 unspecified atom stereocenters. The van der Waals surface area contributed by atoms with Gasteiger partial charge in [-0.3, -0.25) is 9.48 Å². The van der Waals surface area contributed by atoms with Gasteiger partial charge in [-0.05, 0) is 39.5 Å². The molecule has 2 N–H and O–H groups in total. The van der Waals surface area contributed by atoms with Gasteiger partial charge in [0.2, 0.25) is 0 Å². The molecule has 0 spiro atoms. The normalized spacial score (nSPS) is 20.8. The van der Waals surface area contributed by atoms with Crippen LogP contribution in [0.25, 0.3) is 0 Å². The predicted molar refractivity (Wildman–Crippen MR) is 91.8 cm³/mol. The Morgan fingerprint density at radius 3 is 2.92 bits per heavy atom. The van der Waals surface area contributed by atoms with Gasteiger partial charge in [0.1, 0.15) is 11.3 Å². The van der Waals surface area contributed by atoms with E-state index in [-0.39, 0.29) is 11.9 Å². The number of aliphatic hydroxyl groups is 1. The molecule has 8 nitrogen and oxygen atoms in total. The van der Waals surface area contributed by atoms with Crippen LogP contribution in [0.15, 0.2) is 18.6 Å². The fraction of sp³-hybridized carbons (Fsp3) is 0.647. The van der Waals surface area contributed by atoms with Crippen molar-refractivity contribution in [3.05, 3.63) is 30.1 Å². The van der Waals surface area contributed by atoms with E-state index in [1.165, 1.54) is 0 Å². The van der Waals surface area contributed by atoms with Gasteiger partial charge in [-0.15, -0.1) is 5.10 Å². The molecule has 136 valence electrons. The summed E-state index contributed by atoms with van der Waals surface area (Å²) in [4.78, 5) is 16.7. The van der Waals surface area contributed by atoms with E-state index in [4.69, 9.17) is 0 Å². The number of nitrogens with zero attached hydrogens (tertiary/aromatic N) is 5.